The lowest BCUT2D eigenvalue weighted by atomic mass is 10.1. The number of ether oxygens (including phenoxy) is 2. The lowest BCUT2D eigenvalue weighted by molar-refractivity contribution is -0.0511. The Bertz CT molecular complexity index is 927. The molecule has 0 bridgehead atoms. The van der Waals surface area contributed by atoms with Gasteiger partial charge in [0.25, 0.3) is 5.95 Å². The fourth-order valence-electron chi connectivity index (χ4n) is 3.01. The fraction of sp³-hybridized carbons (Fsp3) is 0.438. The fourth-order valence-corrected chi connectivity index (χ4v) is 3.01. The first-order valence-electron chi connectivity index (χ1n) is 8.29. The molecule has 3 aromatic rings. The summed E-state index contributed by atoms with van der Waals surface area (Å²) in [7, 11) is 1.52. The summed E-state index contributed by atoms with van der Waals surface area (Å²) < 4.78 is 17.5. The maximum absolute atomic E-state index is 10.2. The molecule has 0 spiro atoms. The molecule has 1 unspecified atom stereocenters. The molecule has 0 radical (unpaired) electrons. The number of imidazole rings is 1. The minimum atomic E-state index is -1.22. The number of hydrogen-bond donors (Lipinski definition) is 4. The first kappa shape index (κ1) is 17.7. The molecule has 11 heteroatoms. The molecule has 144 valence electrons. The highest BCUT2D eigenvalue weighted by Crippen LogP contribution is 2.32. The largest absolute Gasteiger partial charge is 0.468 e. The van der Waals surface area contributed by atoms with E-state index in [1.807, 2.05) is 0 Å². The number of nitrogens with one attached hydrogen (secondary N) is 1. The van der Waals surface area contributed by atoms with E-state index in [-0.39, 0.29) is 0 Å². The number of aromatic nitrogens is 4. The van der Waals surface area contributed by atoms with E-state index in [1.165, 1.54) is 24.3 Å². The maximum Gasteiger partial charge on any atom is 0.284 e. The number of fused-ring (bicyclic) bond motifs is 1. The van der Waals surface area contributed by atoms with E-state index in [4.69, 9.17) is 13.9 Å². The van der Waals surface area contributed by atoms with Crippen molar-refractivity contribution in [1.82, 2.24) is 19.5 Å². The Hall–Kier alpha value is -2.73. The van der Waals surface area contributed by atoms with Gasteiger partial charge in [0.05, 0.1) is 26.6 Å². The number of hydrogen-bond acceptors (Lipinski definition) is 10. The Balaban J connectivity index is 1.58. The van der Waals surface area contributed by atoms with Gasteiger partial charge in [-0.3, -0.25) is 4.57 Å². The van der Waals surface area contributed by atoms with Crippen molar-refractivity contribution >= 4 is 17.0 Å². The Kier molecular flexibility index (Phi) is 4.66. The van der Waals surface area contributed by atoms with Crippen LogP contribution in [0.5, 0.6) is 5.95 Å². The summed E-state index contributed by atoms with van der Waals surface area (Å²) in [6.07, 6.45) is -1.42. The second-order valence-corrected chi connectivity index (χ2v) is 6.05. The van der Waals surface area contributed by atoms with Crippen molar-refractivity contribution in [2.24, 2.45) is 0 Å². The molecular weight excluding hydrogens is 358 g/mol. The number of nitrogens with zero attached hydrogens (tertiary/aromatic N) is 4. The van der Waals surface area contributed by atoms with Gasteiger partial charge in [-0.2, -0.15) is 0 Å². The standard InChI is InChI=1S/C16H19N5O6/c1-25-10-3-2-8(26-10)4-17-14-11-15(19-6-18-14)21(7-20-11)16-13(24)12(23)9(5-22)27-16/h2-3,6-7,9,12-13,16,22-24H,4-5H2,1H3,(H,17,18,19)/t9-,12-,13+,16?/m1/s1. The molecule has 4 rings (SSSR count). The molecule has 1 aliphatic rings. The Labute approximate surface area is 153 Å². The van der Waals surface area contributed by atoms with Gasteiger partial charge < -0.3 is 34.5 Å². The van der Waals surface area contributed by atoms with Crippen molar-refractivity contribution in [2.45, 2.75) is 31.1 Å². The molecule has 0 saturated carbocycles. The van der Waals surface area contributed by atoms with Crippen molar-refractivity contribution in [3.8, 4) is 5.95 Å². The SMILES string of the molecule is COc1ccc(CNc2ncnc3c2ncn3C2O[C@H](CO)[C@@H](O)[C@@H]2O)o1. The molecule has 4 atom stereocenters. The predicted molar refractivity (Wildman–Crippen MR) is 90.9 cm³/mol. The third kappa shape index (κ3) is 3.10. The molecule has 1 fully saturated rings. The van der Waals surface area contributed by atoms with Crippen molar-refractivity contribution < 1.29 is 29.2 Å². The lowest BCUT2D eigenvalue weighted by Crippen LogP contribution is -2.33. The average molecular weight is 377 g/mol. The number of aliphatic hydroxyl groups excluding tert-OH is 3. The van der Waals surface area contributed by atoms with Gasteiger partial charge in [-0.05, 0) is 6.07 Å². The van der Waals surface area contributed by atoms with Crippen LogP contribution in [0.15, 0.2) is 29.2 Å². The van der Waals surface area contributed by atoms with E-state index in [0.717, 1.165) is 0 Å². The first-order chi connectivity index (χ1) is 13.1. The maximum atomic E-state index is 10.2. The third-order valence-corrected chi connectivity index (χ3v) is 4.42. The van der Waals surface area contributed by atoms with Gasteiger partial charge in [0, 0.05) is 6.07 Å². The van der Waals surface area contributed by atoms with Crippen LogP contribution in [-0.2, 0) is 11.3 Å². The predicted octanol–water partition coefficient (Wildman–Crippen LogP) is -0.349. The second kappa shape index (κ2) is 7.12. The van der Waals surface area contributed by atoms with Crippen LogP contribution in [0, 0.1) is 0 Å². The van der Waals surface area contributed by atoms with E-state index in [9.17, 15) is 15.3 Å². The number of anilines is 1. The molecule has 0 amide bonds. The van der Waals surface area contributed by atoms with Crippen LogP contribution in [0.2, 0.25) is 0 Å². The number of aliphatic hydroxyl groups is 3. The summed E-state index contributed by atoms with van der Waals surface area (Å²) in [6.45, 7) is -0.0497. The average Bonchev–Trinajstić information content (AvgIpc) is 3.39. The van der Waals surface area contributed by atoms with Gasteiger partial charge in [0.15, 0.2) is 23.2 Å². The van der Waals surface area contributed by atoms with Crippen LogP contribution in [-0.4, -0.2) is 66.9 Å². The second-order valence-electron chi connectivity index (χ2n) is 6.05. The van der Waals surface area contributed by atoms with Crippen molar-refractivity contribution in [1.29, 1.82) is 0 Å². The highest BCUT2D eigenvalue weighted by molar-refractivity contribution is 5.82. The van der Waals surface area contributed by atoms with Gasteiger partial charge in [-0.1, -0.05) is 0 Å². The normalized spacial score (nSPS) is 25.2. The Morgan fingerprint density at radius 3 is 2.78 bits per heavy atom. The minimum absolute atomic E-state index is 0.357. The zero-order valence-electron chi connectivity index (χ0n) is 14.4. The van der Waals surface area contributed by atoms with E-state index >= 15 is 0 Å². The summed E-state index contributed by atoms with van der Waals surface area (Å²) >= 11 is 0. The summed E-state index contributed by atoms with van der Waals surface area (Å²) in [5.74, 6) is 1.54. The minimum Gasteiger partial charge on any atom is -0.468 e. The highest BCUT2D eigenvalue weighted by Gasteiger charge is 2.44. The molecular formula is C16H19N5O6. The number of furan rings is 1. The van der Waals surface area contributed by atoms with Crippen LogP contribution in [0.3, 0.4) is 0 Å². The van der Waals surface area contributed by atoms with Crippen LogP contribution < -0.4 is 10.1 Å². The lowest BCUT2D eigenvalue weighted by Gasteiger charge is -2.16. The van der Waals surface area contributed by atoms with Gasteiger partial charge in [-0.25, -0.2) is 15.0 Å². The quantitative estimate of drug-likeness (QED) is 0.449. The third-order valence-electron chi connectivity index (χ3n) is 4.42. The first-order valence-corrected chi connectivity index (χ1v) is 8.29. The van der Waals surface area contributed by atoms with E-state index in [2.05, 4.69) is 20.3 Å². The summed E-state index contributed by atoms with van der Waals surface area (Å²) in [5, 5.41) is 32.5. The molecule has 3 aromatic heterocycles. The summed E-state index contributed by atoms with van der Waals surface area (Å²) in [6, 6.07) is 3.49. The molecule has 11 nitrogen and oxygen atoms in total. The van der Waals surface area contributed by atoms with E-state index < -0.39 is 31.1 Å². The number of methoxy groups -OCH3 is 1. The molecule has 0 aliphatic carbocycles. The smallest absolute Gasteiger partial charge is 0.284 e. The molecule has 4 N–H and O–H groups in total. The molecule has 4 heterocycles. The zero-order valence-corrected chi connectivity index (χ0v) is 14.4. The molecule has 27 heavy (non-hydrogen) atoms. The van der Waals surface area contributed by atoms with Crippen molar-refractivity contribution in [3.63, 3.8) is 0 Å². The molecule has 0 aromatic carbocycles. The van der Waals surface area contributed by atoms with Crippen LogP contribution in [0.1, 0.15) is 12.0 Å². The Morgan fingerprint density at radius 2 is 2.07 bits per heavy atom. The van der Waals surface area contributed by atoms with Crippen molar-refractivity contribution in [2.75, 3.05) is 19.0 Å². The zero-order chi connectivity index (χ0) is 19.0. The van der Waals surface area contributed by atoms with Gasteiger partial charge in [0.2, 0.25) is 0 Å². The van der Waals surface area contributed by atoms with Gasteiger partial charge >= 0.3 is 0 Å². The van der Waals surface area contributed by atoms with Gasteiger partial charge in [0.1, 0.15) is 30.4 Å². The highest BCUT2D eigenvalue weighted by atomic mass is 16.6. The summed E-state index contributed by atoms with van der Waals surface area (Å²) in [4.78, 5) is 12.7. The molecule has 1 saturated heterocycles. The Morgan fingerprint density at radius 1 is 1.22 bits per heavy atom. The van der Waals surface area contributed by atoms with E-state index in [0.29, 0.717) is 35.2 Å². The topological polar surface area (TPSA) is 148 Å². The van der Waals surface area contributed by atoms with Crippen molar-refractivity contribution in [3.05, 3.63) is 30.5 Å². The van der Waals surface area contributed by atoms with Gasteiger partial charge in [-0.15, -0.1) is 0 Å². The molecule has 1 aliphatic heterocycles. The van der Waals surface area contributed by atoms with Crippen LogP contribution in [0.25, 0.3) is 11.2 Å². The number of rotatable bonds is 6. The summed E-state index contributed by atoms with van der Waals surface area (Å²) in [5.41, 5.74) is 0.883. The van der Waals surface area contributed by atoms with Crippen LogP contribution >= 0.6 is 0 Å². The monoisotopic (exact) mass is 377 g/mol. The van der Waals surface area contributed by atoms with E-state index in [1.54, 1.807) is 12.1 Å². The van der Waals surface area contributed by atoms with Crippen LogP contribution in [0.4, 0.5) is 5.82 Å².